The highest BCUT2D eigenvalue weighted by molar-refractivity contribution is 5.88. The largest absolute Gasteiger partial charge is 0.496 e. The number of aromatic nitrogens is 1. The Bertz CT molecular complexity index is 746. The molecular weight excluding hydrogens is 241 g/mol. The van der Waals surface area contributed by atoms with Gasteiger partial charge in [-0.05, 0) is 24.3 Å². The Morgan fingerprint density at radius 2 is 1.84 bits per heavy atom. The second-order valence-corrected chi connectivity index (χ2v) is 4.46. The smallest absolute Gasteiger partial charge is 0.136 e. The topological polar surface area (TPSA) is 14.2 Å². The van der Waals surface area contributed by atoms with E-state index in [1.807, 2.05) is 41.9 Å². The van der Waals surface area contributed by atoms with Gasteiger partial charge in [-0.1, -0.05) is 24.3 Å². The molecule has 0 aliphatic heterocycles. The standard InChI is InChI=1S/C16H14FNO/c1-18-13-8-4-3-6-11(13)10-14(18)16-12(17)7-5-9-15(16)19-2/h3-10H,1-2H3. The van der Waals surface area contributed by atoms with E-state index in [0.717, 1.165) is 16.6 Å². The molecule has 19 heavy (non-hydrogen) atoms. The third kappa shape index (κ3) is 1.78. The number of hydrogen-bond acceptors (Lipinski definition) is 1. The zero-order valence-corrected chi connectivity index (χ0v) is 10.9. The highest BCUT2D eigenvalue weighted by atomic mass is 19.1. The molecule has 2 nitrogen and oxygen atoms in total. The van der Waals surface area contributed by atoms with E-state index < -0.39 is 0 Å². The van der Waals surface area contributed by atoms with Crippen molar-refractivity contribution in [1.82, 2.24) is 4.57 Å². The summed E-state index contributed by atoms with van der Waals surface area (Å²) < 4.78 is 21.4. The van der Waals surface area contributed by atoms with Crippen LogP contribution in [0.15, 0.2) is 48.5 Å². The van der Waals surface area contributed by atoms with Gasteiger partial charge in [0.25, 0.3) is 0 Å². The number of methoxy groups -OCH3 is 1. The van der Waals surface area contributed by atoms with Crippen LogP contribution in [0.5, 0.6) is 5.75 Å². The lowest BCUT2D eigenvalue weighted by molar-refractivity contribution is 0.413. The van der Waals surface area contributed by atoms with Gasteiger partial charge in [-0.2, -0.15) is 0 Å². The summed E-state index contributed by atoms with van der Waals surface area (Å²) in [7, 11) is 3.49. The lowest BCUT2D eigenvalue weighted by atomic mass is 10.1. The summed E-state index contributed by atoms with van der Waals surface area (Å²) in [6.45, 7) is 0. The molecule has 0 spiro atoms. The number of halogens is 1. The van der Waals surface area contributed by atoms with Crippen LogP contribution in [0.4, 0.5) is 4.39 Å². The molecular formula is C16H14FNO. The summed E-state index contributed by atoms with van der Waals surface area (Å²) >= 11 is 0. The zero-order chi connectivity index (χ0) is 13.4. The number of fused-ring (bicyclic) bond motifs is 1. The zero-order valence-electron chi connectivity index (χ0n) is 10.9. The van der Waals surface area contributed by atoms with E-state index in [-0.39, 0.29) is 5.82 Å². The summed E-state index contributed by atoms with van der Waals surface area (Å²) in [4.78, 5) is 0. The first kappa shape index (κ1) is 11.8. The lowest BCUT2D eigenvalue weighted by Crippen LogP contribution is -1.96. The van der Waals surface area contributed by atoms with Crippen molar-refractivity contribution in [2.24, 2.45) is 7.05 Å². The molecule has 1 heterocycles. The van der Waals surface area contributed by atoms with Gasteiger partial charge in [0, 0.05) is 18.0 Å². The van der Waals surface area contributed by atoms with E-state index in [2.05, 4.69) is 0 Å². The van der Waals surface area contributed by atoms with Gasteiger partial charge < -0.3 is 9.30 Å². The summed E-state index contributed by atoms with van der Waals surface area (Å²) in [5.74, 6) is 0.274. The highest BCUT2D eigenvalue weighted by Crippen LogP contribution is 2.35. The molecule has 3 rings (SSSR count). The predicted octanol–water partition coefficient (Wildman–Crippen LogP) is 3.99. The second kappa shape index (κ2) is 4.43. The van der Waals surface area contributed by atoms with Crippen LogP contribution in [0.3, 0.4) is 0 Å². The van der Waals surface area contributed by atoms with Crippen molar-refractivity contribution in [1.29, 1.82) is 0 Å². The number of rotatable bonds is 2. The Morgan fingerprint density at radius 3 is 2.58 bits per heavy atom. The van der Waals surface area contributed by atoms with Gasteiger partial charge in [0.15, 0.2) is 0 Å². The van der Waals surface area contributed by atoms with Crippen LogP contribution < -0.4 is 4.74 Å². The van der Waals surface area contributed by atoms with E-state index in [9.17, 15) is 4.39 Å². The molecule has 0 saturated heterocycles. The van der Waals surface area contributed by atoms with Crippen molar-refractivity contribution >= 4 is 10.9 Å². The molecule has 0 bridgehead atoms. The number of aryl methyl sites for hydroxylation is 1. The first-order valence-corrected chi connectivity index (χ1v) is 6.09. The van der Waals surface area contributed by atoms with Crippen molar-refractivity contribution < 1.29 is 9.13 Å². The highest BCUT2D eigenvalue weighted by Gasteiger charge is 2.16. The maximum absolute atomic E-state index is 14.1. The fourth-order valence-electron chi connectivity index (χ4n) is 2.45. The Morgan fingerprint density at radius 1 is 1.05 bits per heavy atom. The van der Waals surface area contributed by atoms with Crippen LogP contribution in [0.25, 0.3) is 22.2 Å². The molecule has 0 N–H and O–H groups in total. The van der Waals surface area contributed by atoms with Crippen LogP contribution in [-0.2, 0) is 7.05 Å². The van der Waals surface area contributed by atoms with Crippen LogP contribution >= 0.6 is 0 Å². The average molecular weight is 255 g/mol. The van der Waals surface area contributed by atoms with Crippen LogP contribution in [0, 0.1) is 5.82 Å². The van der Waals surface area contributed by atoms with Crippen molar-refractivity contribution in [2.45, 2.75) is 0 Å². The van der Waals surface area contributed by atoms with Crippen LogP contribution in [0.1, 0.15) is 0 Å². The van der Waals surface area contributed by atoms with Gasteiger partial charge in [-0.25, -0.2) is 4.39 Å². The van der Waals surface area contributed by atoms with Gasteiger partial charge in [0.05, 0.1) is 18.4 Å². The van der Waals surface area contributed by atoms with E-state index in [1.54, 1.807) is 19.2 Å². The molecule has 1 aromatic heterocycles. The summed E-state index contributed by atoms with van der Waals surface area (Å²) in [5, 5.41) is 1.09. The maximum atomic E-state index is 14.1. The molecule has 3 heteroatoms. The first-order chi connectivity index (χ1) is 9.22. The minimum atomic E-state index is -0.273. The average Bonchev–Trinajstić information content (AvgIpc) is 2.76. The Labute approximate surface area is 111 Å². The molecule has 0 atom stereocenters. The van der Waals surface area contributed by atoms with Crippen LogP contribution in [0.2, 0.25) is 0 Å². The van der Waals surface area contributed by atoms with E-state index in [0.29, 0.717) is 11.3 Å². The predicted molar refractivity (Wildman–Crippen MR) is 74.9 cm³/mol. The van der Waals surface area contributed by atoms with Gasteiger partial charge >= 0.3 is 0 Å². The Balaban J connectivity index is 2.33. The van der Waals surface area contributed by atoms with E-state index in [4.69, 9.17) is 4.74 Å². The Hall–Kier alpha value is -2.29. The van der Waals surface area contributed by atoms with Crippen molar-refractivity contribution in [3.8, 4) is 17.0 Å². The van der Waals surface area contributed by atoms with Gasteiger partial charge in [-0.3, -0.25) is 0 Å². The van der Waals surface area contributed by atoms with E-state index in [1.165, 1.54) is 6.07 Å². The molecule has 0 fully saturated rings. The van der Waals surface area contributed by atoms with Crippen molar-refractivity contribution in [3.63, 3.8) is 0 Å². The number of nitrogens with zero attached hydrogens (tertiary/aromatic N) is 1. The SMILES string of the molecule is COc1cccc(F)c1-c1cc2ccccc2n1C. The second-order valence-electron chi connectivity index (χ2n) is 4.46. The van der Waals surface area contributed by atoms with Gasteiger partial charge in [0.1, 0.15) is 11.6 Å². The fourth-order valence-corrected chi connectivity index (χ4v) is 2.45. The number of benzene rings is 2. The minimum absolute atomic E-state index is 0.273. The molecule has 0 aliphatic rings. The molecule has 0 aliphatic carbocycles. The van der Waals surface area contributed by atoms with Gasteiger partial charge in [-0.15, -0.1) is 0 Å². The Kier molecular flexibility index (Phi) is 2.75. The number of hydrogen-bond donors (Lipinski definition) is 0. The number of ether oxygens (including phenoxy) is 1. The fraction of sp³-hybridized carbons (Fsp3) is 0.125. The summed E-state index contributed by atoms with van der Waals surface area (Å²) in [6, 6.07) is 14.9. The van der Waals surface area contributed by atoms with Crippen LogP contribution in [-0.4, -0.2) is 11.7 Å². The molecule has 2 aromatic carbocycles. The molecule has 3 aromatic rings. The quantitative estimate of drug-likeness (QED) is 0.675. The normalized spacial score (nSPS) is 10.9. The molecule has 0 amide bonds. The molecule has 0 unspecified atom stereocenters. The molecule has 0 saturated carbocycles. The molecule has 0 radical (unpaired) electrons. The van der Waals surface area contributed by atoms with E-state index >= 15 is 0 Å². The monoisotopic (exact) mass is 255 g/mol. The van der Waals surface area contributed by atoms with Gasteiger partial charge in [0.2, 0.25) is 0 Å². The van der Waals surface area contributed by atoms with Crippen molar-refractivity contribution in [2.75, 3.05) is 7.11 Å². The molecule has 96 valence electrons. The minimum Gasteiger partial charge on any atom is -0.496 e. The third-order valence-corrected chi connectivity index (χ3v) is 3.40. The number of para-hydroxylation sites is 1. The summed E-state index contributed by atoms with van der Waals surface area (Å²) in [5.41, 5.74) is 2.39. The lowest BCUT2D eigenvalue weighted by Gasteiger charge is -2.10. The summed E-state index contributed by atoms with van der Waals surface area (Å²) in [6.07, 6.45) is 0. The maximum Gasteiger partial charge on any atom is 0.136 e. The van der Waals surface area contributed by atoms with Crippen molar-refractivity contribution in [3.05, 3.63) is 54.3 Å². The first-order valence-electron chi connectivity index (χ1n) is 6.09. The third-order valence-electron chi connectivity index (χ3n) is 3.40.